The summed E-state index contributed by atoms with van der Waals surface area (Å²) < 4.78 is 11.3. The average Bonchev–Trinajstić information content (AvgIpc) is 2.89. The lowest BCUT2D eigenvalue weighted by atomic mass is 10.1. The maximum Gasteiger partial charge on any atom is 0.262 e. The molecule has 2 amide bonds. The second-order valence-electron chi connectivity index (χ2n) is 8.24. The number of hydrogen-bond donors (Lipinski definition) is 2. The summed E-state index contributed by atoms with van der Waals surface area (Å²) in [5.74, 6) is 0.0871. The third-order valence-corrected chi connectivity index (χ3v) is 5.73. The number of carbonyl (C=O) groups is 2. The highest BCUT2D eigenvalue weighted by molar-refractivity contribution is 6.35. The molecule has 0 aliphatic heterocycles. The summed E-state index contributed by atoms with van der Waals surface area (Å²) in [6.45, 7) is 4.22. The number of halogens is 2. The molecular formula is C28H29Cl2N3O4. The zero-order chi connectivity index (χ0) is 26.6. The van der Waals surface area contributed by atoms with E-state index in [4.69, 9.17) is 32.7 Å². The molecule has 0 aliphatic rings. The van der Waals surface area contributed by atoms with Crippen molar-refractivity contribution in [2.45, 2.75) is 38.8 Å². The molecular weight excluding hydrogens is 513 g/mol. The van der Waals surface area contributed by atoms with Crippen molar-refractivity contribution in [2.75, 3.05) is 6.61 Å². The van der Waals surface area contributed by atoms with Crippen LogP contribution in [0.2, 0.25) is 10.0 Å². The van der Waals surface area contributed by atoms with E-state index in [0.29, 0.717) is 17.4 Å². The molecule has 3 rings (SSSR count). The van der Waals surface area contributed by atoms with Gasteiger partial charge in [0.1, 0.15) is 17.5 Å². The second-order valence-corrected chi connectivity index (χ2v) is 9.08. The number of hydrogen-bond acceptors (Lipinski definition) is 5. The zero-order valence-corrected chi connectivity index (χ0v) is 22.1. The van der Waals surface area contributed by atoms with Crippen molar-refractivity contribution in [1.29, 1.82) is 0 Å². The molecule has 37 heavy (non-hydrogen) atoms. The van der Waals surface area contributed by atoms with Crippen LogP contribution in [0.4, 0.5) is 0 Å². The largest absolute Gasteiger partial charge is 0.494 e. The third-order valence-electron chi connectivity index (χ3n) is 5.20. The quantitative estimate of drug-likeness (QED) is 0.236. The lowest BCUT2D eigenvalue weighted by Crippen LogP contribution is -2.50. The van der Waals surface area contributed by atoms with E-state index in [1.54, 1.807) is 19.1 Å². The lowest BCUT2D eigenvalue weighted by molar-refractivity contribution is -0.132. The Hall–Kier alpha value is -3.55. The van der Waals surface area contributed by atoms with Crippen LogP contribution in [0.5, 0.6) is 11.5 Å². The van der Waals surface area contributed by atoms with Crippen molar-refractivity contribution in [3.05, 3.63) is 94.0 Å². The van der Waals surface area contributed by atoms with E-state index in [2.05, 4.69) is 15.8 Å². The highest BCUT2D eigenvalue weighted by Gasteiger charge is 2.25. The fourth-order valence-electron chi connectivity index (χ4n) is 3.32. The maximum absolute atomic E-state index is 13.0. The minimum atomic E-state index is -0.917. The van der Waals surface area contributed by atoms with Crippen molar-refractivity contribution in [3.8, 4) is 11.5 Å². The number of amides is 2. The Bertz CT molecular complexity index is 1220. The van der Waals surface area contributed by atoms with E-state index in [0.717, 1.165) is 23.3 Å². The van der Waals surface area contributed by atoms with Crippen LogP contribution >= 0.6 is 23.2 Å². The Morgan fingerprint density at radius 1 is 1.00 bits per heavy atom. The van der Waals surface area contributed by atoms with E-state index in [9.17, 15) is 9.59 Å². The van der Waals surface area contributed by atoms with Crippen molar-refractivity contribution >= 4 is 41.2 Å². The summed E-state index contributed by atoms with van der Waals surface area (Å²) in [4.78, 5) is 25.9. The lowest BCUT2D eigenvalue weighted by Gasteiger charge is -2.21. The van der Waals surface area contributed by atoms with Crippen LogP contribution in [0.15, 0.2) is 77.9 Å². The van der Waals surface area contributed by atoms with Gasteiger partial charge in [-0.25, -0.2) is 5.43 Å². The Labute approximate surface area is 226 Å². The fourth-order valence-corrected chi connectivity index (χ4v) is 3.77. The molecule has 0 heterocycles. The monoisotopic (exact) mass is 541 g/mol. The first-order valence-corrected chi connectivity index (χ1v) is 12.6. The predicted molar refractivity (Wildman–Crippen MR) is 147 cm³/mol. The van der Waals surface area contributed by atoms with Crippen molar-refractivity contribution in [1.82, 2.24) is 10.7 Å². The molecule has 7 nitrogen and oxygen atoms in total. The van der Waals surface area contributed by atoms with Crippen LogP contribution in [0, 0.1) is 0 Å². The number of nitrogens with zero attached hydrogens (tertiary/aromatic N) is 1. The Kier molecular flexibility index (Phi) is 10.8. The summed E-state index contributed by atoms with van der Waals surface area (Å²) in [6, 6.07) is 20.6. The maximum atomic E-state index is 13.0. The van der Waals surface area contributed by atoms with E-state index in [1.807, 2.05) is 61.5 Å². The number of hydrazone groups is 1. The molecule has 3 aromatic rings. The van der Waals surface area contributed by atoms with Crippen LogP contribution in [-0.4, -0.2) is 36.8 Å². The molecule has 0 saturated heterocycles. The first kappa shape index (κ1) is 28.0. The van der Waals surface area contributed by atoms with Gasteiger partial charge >= 0.3 is 0 Å². The van der Waals surface area contributed by atoms with Gasteiger partial charge in [0.25, 0.3) is 11.8 Å². The molecule has 0 radical (unpaired) electrons. The van der Waals surface area contributed by atoms with Crippen LogP contribution in [0.25, 0.3) is 0 Å². The zero-order valence-electron chi connectivity index (χ0n) is 20.6. The summed E-state index contributed by atoms with van der Waals surface area (Å²) in [6.07, 6.45) is 1.77. The number of carbonyl (C=O) groups excluding carboxylic acids is 2. The van der Waals surface area contributed by atoms with Gasteiger partial charge < -0.3 is 14.8 Å². The topological polar surface area (TPSA) is 89.0 Å². The molecule has 0 fully saturated rings. The van der Waals surface area contributed by atoms with Crippen molar-refractivity contribution in [3.63, 3.8) is 0 Å². The number of benzene rings is 3. The average molecular weight is 542 g/mol. The van der Waals surface area contributed by atoms with E-state index < -0.39 is 24.0 Å². The van der Waals surface area contributed by atoms with Gasteiger partial charge in [0.05, 0.1) is 17.8 Å². The van der Waals surface area contributed by atoms with Gasteiger partial charge in [-0.3, -0.25) is 9.59 Å². The van der Waals surface area contributed by atoms with Gasteiger partial charge in [0.2, 0.25) is 0 Å². The number of ether oxygens (including phenoxy) is 2. The van der Waals surface area contributed by atoms with Crippen molar-refractivity contribution in [2.24, 2.45) is 5.10 Å². The summed E-state index contributed by atoms with van der Waals surface area (Å²) in [7, 11) is 0. The molecule has 194 valence electrons. The molecule has 2 atom stereocenters. The van der Waals surface area contributed by atoms with Crippen LogP contribution in [-0.2, 0) is 16.0 Å². The predicted octanol–water partition coefficient (Wildman–Crippen LogP) is 5.43. The summed E-state index contributed by atoms with van der Waals surface area (Å²) in [5, 5.41) is 7.57. The summed E-state index contributed by atoms with van der Waals surface area (Å²) >= 11 is 12.1. The van der Waals surface area contributed by atoms with E-state index >= 15 is 0 Å². The Morgan fingerprint density at radius 2 is 1.78 bits per heavy atom. The normalized spacial score (nSPS) is 12.5. The van der Waals surface area contributed by atoms with Gasteiger partial charge in [-0.1, -0.05) is 72.6 Å². The molecule has 0 bridgehead atoms. The van der Waals surface area contributed by atoms with Gasteiger partial charge in [0, 0.05) is 11.4 Å². The first-order valence-electron chi connectivity index (χ1n) is 11.9. The fraction of sp³-hybridized carbons (Fsp3) is 0.250. The van der Waals surface area contributed by atoms with Crippen LogP contribution in [0.3, 0.4) is 0 Å². The molecule has 3 aromatic carbocycles. The molecule has 2 N–H and O–H groups in total. The number of nitrogens with one attached hydrogen (secondary N) is 2. The molecule has 0 aromatic heterocycles. The van der Waals surface area contributed by atoms with Gasteiger partial charge in [-0.15, -0.1) is 0 Å². The Morgan fingerprint density at radius 3 is 2.51 bits per heavy atom. The van der Waals surface area contributed by atoms with Gasteiger partial charge in [0.15, 0.2) is 6.10 Å². The van der Waals surface area contributed by atoms with Crippen LogP contribution in [0.1, 0.15) is 31.4 Å². The molecule has 0 unspecified atom stereocenters. The Balaban J connectivity index is 1.67. The van der Waals surface area contributed by atoms with E-state index in [-0.39, 0.29) is 11.4 Å². The van der Waals surface area contributed by atoms with Crippen molar-refractivity contribution < 1.29 is 19.1 Å². The van der Waals surface area contributed by atoms with E-state index in [1.165, 1.54) is 12.3 Å². The highest BCUT2D eigenvalue weighted by atomic mass is 35.5. The second kappa shape index (κ2) is 14.3. The minimum Gasteiger partial charge on any atom is -0.494 e. The highest BCUT2D eigenvalue weighted by Crippen LogP contribution is 2.28. The number of rotatable bonds is 12. The molecule has 9 heteroatoms. The third kappa shape index (κ3) is 9.12. The first-order chi connectivity index (χ1) is 17.9. The molecule has 0 aliphatic carbocycles. The minimum absolute atomic E-state index is 0.267. The van der Waals surface area contributed by atoms with Gasteiger partial charge in [-0.05, 0) is 54.8 Å². The van der Waals surface area contributed by atoms with Crippen LogP contribution < -0.4 is 20.2 Å². The molecule has 0 spiro atoms. The van der Waals surface area contributed by atoms with Gasteiger partial charge in [-0.2, -0.15) is 5.10 Å². The summed E-state index contributed by atoms with van der Waals surface area (Å²) in [5.41, 5.74) is 4.16. The smallest absolute Gasteiger partial charge is 0.262 e. The molecule has 0 saturated carbocycles. The SMILES string of the molecule is CCCOc1cccc(/C=N\NC(=O)[C@@H](Cc2ccccc2)NC(=O)[C@H](C)Oc2ccc(Cl)cc2Cl)c1. The standard InChI is InChI=1S/C28H29Cl2N3O4/c1-3-14-36-23-11-7-10-21(15-23)18-31-33-28(35)25(16-20-8-5-4-6-9-20)32-27(34)19(2)37-26-13-12-22(29)17-24(26)30/h4-13,15,17-19,25H,3,14,16H2,1-2H3,(H,32,34)(H,33,35)/b31-18-/t19-,25+/m0/s1.